The fourth-order valence-corrected chi connectivity index (χ4v) is 3.06. The lowest BCUT2D eigenvalue weighted by Gasteiger charge is -2.17. The quantitative estimate of drug-likeness (QED) is 0.776. The number of rotatable bonds is 4. The monoisotopic (exact) mass is 333 g/mol. The zero-order valence-corrected chi connectivity index (χ0v) is 13.8. The van der Waals surface area contributed by atoms with Crippen molar-refractivity contribution in [1.29, 1.82) is 0 Å². The van der Waals surface area contributed by atoms with Crippen LogP contribution < -0.4 is 10.1 Å². The molecule has 0 fully saturated rings. The Morgan fingerprint density at radius 2 is 1.84 bits per heavy atom. The number of aryl methyl sites for hydroxylation is 1. The average Bonchev–Trinajstić information content (AvgIpc) is 3.06. The SMILES string of the molecule is O=C(Nc1cnc2n1CCCC2)c1ccccc1Oc1ccccc1. The van der Waals surface area contributed by atoms with Gasteiger partial charge in [-0.05, 0) is 37.1 Å². The van der Waals surface area contributed by atoms with Crippen LogP contribution >= 0.6 is 0 Å². The van der Waals surface area contributed by atoms with Crippen LogP contribution in [-0.2, 0) is 13.0 Å². The third-order valence-corrected chi connectivity index (χ3v) is 4.31. The number of carbonyl (C=O) groups excluding carboxylic acids is 1. The topological polar surface area (TPSA) is 56.2 Å². The Hall–Kier alpha value is -3.08. The predicted molar refractivity (Wildman–Crippen MR) is 96.1 cm³/mol. The molecule has 5 nitrogen and oxygen atoms in total. The number of hydrogen-bond acceptors (Lipinski definition) is 3. The third-order valence-electron chi connectivity index (χ3n) is 4.31. The molecule has 3 aromatic rings. The second kappa shape index (κ2) is 6.81. The summed E-state index contributed by atoms with van der Waals surface area (Å²) in [5.41, 5.74) is 0.498. The molecule has 1 aromatic heterocycles. The van der Waals surface area contributed by atoms with Crippen molar-refractivity contribution in [3.8, 4) is 11.5 Å². The summed E-state index contributed by atoms with van der Waals surface area (Å²) in [4.78, 5) is 17.2. The Morgan fingerprint density at radius 3 is 2.72 bits per heavy atom. The molecule has 2 heterocycles. The molecule has 0 saturated heterocycles. The molecule has 2 aromatic carbocycles. The van der Waals surface area contributed by atoms with E-state index in [-0.39, 0.29) is 5.91 Å². The first-order valence-electron chi connectivity index (χ1n) is 8.49. The standard InChI is InChI=1S/C20H19N3O2/c24-20(22-19-14-21-18-12-6-7-13-23(18)19)16-10-4-5-11-17(16)25-15-8-2-1-3-9-15/h1-5,8-11,14H,6-7,12-13H2,(H,22,24). The van der Waals surface area contributed by atoms with E-state index in [4.69, 9.17) is 4.74 Å². The zero-order chi connectivity index (χ0) is 17.1. The molecule has 1 N–H and O–H groups in total. The van der Waals surface area contributed by atoms with Gasteiger partial charge in [-0.15, -0.1) is 0 Å². The molecule has 126 valence electrons. The van der Waals surface area contributed by atoms with E-state index >= 15 is 0 Å². The highest BCUT2D eigenvalue weighted by Gasteiger charge is 2.18. The van der Waals surface area contributed by atoms with Crippen LogP contribution in [-0.4, -0.2) is 15.5 Å². The van der Waals surface area contributed by atoms with Crippen LogP contribution in [0.3, 0.4) is 0 Å². The van der Waals surface area contributed by atoms with E-state index < -0.39 is 0 Å². The molecule has 0 radical (unpaired) electrons. The van der Waals surface area contributed by atoms with E-state index in [1.165, 1.54) is 0 Å². The van der Waals surface area contributed by atoms with Crippen molar-refractivity contribution in [1.82, 2.24) is 9.55 Å². The highest BCUT2D eigenvalue weighted by molar-refractivity contribution is 6.05. The van der Waals surface area contributed by atoms with E-state index in [2.05, 4.69) is 14.9 Å². The van der Waals surface area contributed by atoms with Gasteiger partial charge in [-0.25, -0.2) is 4.98 Å². The van der Waals surface area contributed by atoms with Gasteiger partial charge in [-0.2, -0.15) is 0 Å². The molecular weight excluding hydrogens is 314 g/mol. The highest BCUT2D eigenvalue weighted by Crippen LogP contribution is 2.26. The van der Waals surface area contributed by atoms with Crippen LogP contribution in [0.4, 0.5) is 5.82 Å². The molecule has 25 heavy (non-hydrogen) atoms. The second-order valence-electron chi connectivity index (χ2n) is 6.03. The first kappa shape index (κ1) is 15.4. The van der Waals surface area contributed by atoms with E-state index in [9.17, 15) is 4.79 Å². The number of hydrogen-bond donors (Lipinski definition) is 1. The molecule has 4 rings (SSSR count). The molecule has 1 aliphatic heterocycles. The van der Waals surface area contributed by atoms with Crippen LogP contribution in [0.25, 0.3) is 0 Å². The summed E-state index contributed by atoms with van der Waals surface area (Å²) in [7, 11) is 0. The minimum absolute atomic E-state index is 0.195. The normalized spacial score (nSPS) is 13.1. The van der Waals surface area contributed by atoms with Gasteiger partial charge in [0.1, 0.15) is 23.1 Å². The molecular formula is C20H19N3O2. The maximum Gasteiger partial charge on any atom is 0.260 e. The molecule has 0 bridgehead atoms. The van der Waals surface area contributed by atoms with Crippen molar-refractivity contribution in [2.24, 2.45) is 0 Å². The van der Waals surface area contributed by atoms with Crippen molar-refractivity contribution >= 4 is 11.7 Å². The van der Waals surface area contributed by atoms with Gasteiger partial charge in [0.05, 0.1) is 11.8 Å². The van der Waals surface area contributed by atoms with Crippen molar-refractivity contribution < 1.29 is 9.53 Å². The first-order chi connectivity index (χ1) is 12.3. The molecule has 1 amide bonds. The van der Waals surface area contributed by atoms with Crippen LogP contribution in [0, 0.1) is 0 Å². The number of carbonyl (C=O) groups is 1. The summed E-state index contributed by atoms with van der Waals surface area (Å²) in [6, 6.07) is 16.7. The fourth-order valence-electron chi connectivity index (χ4n) is 3.06. The van der Waals surface area contributed by atoms with Crippen molar-refractivity contribution in [2.45, 2.75) is 25.8 Å². The molecule has 5 heteroatoms. The van der Waals surface area contributed by atoms with Gasteiger partial charge in [0.2, 0.25) is 0 Å². The summed E-state index contributed by atoms with van der Waals surface area (Å²) in [5, 5.41) is 2.97. The van der Waals surface area contributed by atoms with Crippen molar-refractivity contribution in [3.05, 3.63) is 72.2 Å². The van der Waals surface area contributed by atoms with Crippen LogP contribution in [0.15, 0.2) is 60.8 Å². The summed E-state index contributed by atoms with van der Waals surface area (Å²) in [6.45, 7) is 0.896. The molecule has 1 aliphatic rings. The Bertz CT molecular complexity index is 887. The minimum atomic E-state index is -0.195. The number of benzene rings is 2. The number of imidazole rings is 1. The number of ether oxygens (including phenoxy) is 1. The van der Waals surface area contributed by atoms with Gasteiger partial charge in [-0.3, -0.25) is 4.79 Å². The smallest absolute Gasteiger partial charge is 0.260 e. The number of fused-ring (bicyclic) bond motifs is 1. The van der Waals surface area contributed by atoms with Crippen LogP contribution in [0.5, 0.6) is 11.5 Å². The average molecular weight is 333 g/mol. The number of nitrogens with one attached hydrogen (secondary N) is 1. The Balaban J connectivity index is 1.57. The molecule has 0 aliphatic carbocycles. The number of amides is 1. The number of aromatic nitrogens is 2. The first-order valence-corrected chi connectivity index (χ1v) is 8.49. The largest absolute Gasteiger partial charge is 0.457 e. The molecule has 0 saturated carbocycles. The van der Waals surface area contributed by atoms with Crippen molar-refractivity contribution in [2.75, 3.05) is 5.32 Å². The zero-order valence-electron chi connectivity index (χ0n) is 13.8. The fraction of sp³-hybridized carbons (Fsp3) is 0.200. The van der Waals surface area contributed by atoms with Gasteiger partial charge in [0, 0.05) is 13.0 Å². The maximum absolute atomic E-state index is 12.8. The van der Waals surface area contributed by atoms with Gasteiger partial charge < -0.3 is 14.6 Å². The van der Waals surface area contributed by atoms with E-state index in [0.29, 0.717) is 17.1 Å². The summed E-state index contributed by atoms with van der Waals surface area (Å²) in [6.07, 6.45) is 4.96. The van der Waals surface area contributed by atoms with E-state index in [1.54, 1.807) is 18.3 Å². The summed E-state index contributed by atoms with van der Waals surface area (Å²) < 4.78 is 7.96. The van der Waals surface area contributed by atoms with Crippen molar-refractivity contribution in [3.63, 3.8) is 0 Å². The van der Waals surface area contributed by atoms with Gasteiger partial charge in [0.15, 0.2) is 0 Å². The molecule has 0 unspecified atom stereocenters. The van der Waals surface area contributed by atoms with Gasteiger partial charge in [0.25, 0.3) is 5.91 Å². The highest BCUT2D eigenvalue weighted by atomic mass is 16.5. The summed E-state index contributed by atoms with van der Waals surface area (Å²) >= 11 is 0. The second-order valence-corrected chi connectivity index (χ2v) is 6.03. The van der Waals surface area contributed by atoms with Crippen LogP contribution in [0.2, 0.25) is 0 Å². The predicted octanol–water partition coefficient (Wildman–Crippen LogP) is 4.26. The Labute approximate surface area is 146 Å². The number of anilines is 1. The lowest BCUT2D eigenvalue weighted by Crippen LogP contribution is -2.18. The van der Waals surface area contributed by atoms with Gasteiger partial charge >= 0.3 is 0 Å². The minimum Gasteiger partial charge on any atom is -0.457 e. The van der Waals surface area contributed by atoms with Gasteiger partial charge in [-0.1, -0.05) is 30.3 Å². The lowest BCUT2D eigenvalue weighted by molar-refractivity contribution is 0.102. The Kier molecular flexibility index (Phi) is 4.21. The maximum atomic E-state index is 12.8. The Morgan fingerprint density at radius 1 is 1.04 bits per heavy atom. The van der Waals surface area contributed by atoms with Crippen LogP contribution in [0.1, 0.15) is 29.0 Å². The summed E-state index contributed by atoms with van der Waals surface area (Å²) in [5.74, 6) is 2.82. The number of para-hydroxylation sites is 2. The lowest BCUT2D eigenvalue weighted by atomic mass is 10.1. The number of nitrogens with zero attached hydrogens (tertiary/aromatic N) is 2. The van der Waals surface area contributed by atoms with E-state index in [1.807, 2.05) is 42.5 Å². The molecule has 0 spiro atoms. The van der Waals surface area contributed by atoms with E-state index in [0.717, 1.165) is 37.4 Å². The molecule has 0 atom stereocenters. The third kappa shape index (κ3) is 3.26.